The van der Waals surface area contributed by atoms with Crippen molar-refractivity contribution in [2.45, 2.75) is 25.4 Å². The summed E-state index contributed by atoms with van der Waals surface area (Å²) in [6, 6.07) is 8.40. The second-order valence-corrected chi connectivity index (χ2v) is 7.13. The fourth-order valence-corrected chi connectivity index (χ4v) is 3.77. The average molecular weight is 402 g/mol. The van der Waals surface area contributed by atoms with Gasteiger partial charge in [0, 0.05) is 37.2 Å². The van der Waals surface area contributed by atoms with Crippen LogP contribution in [0.25, 0.3) is 5.52 Å². The van der Waals surface area contributed by atoms with Gasteiger partial charge in [0.05, 0.1) is 28.8 Å². The van der Waals surface area contributed by atoms with Crippen molar-refractivity contribution in [1.82, 2.24) is 14.6 Å². The van der Waals surface area contributed by atoms with Crippen LogP contribution in [0, 0.1) is 0 Å². The maximum absolute atomic E-state index is 9.66. The van der Waals surface area contributed by atoms with Crippen molar-refractivity contribution in [2.24, 2.45) is 0 Å². The van der Waals surface area contributed by atoms with Gasteiger partial charge < -0.3 is 15.3 Å². The second-order valence-electron chi connectivity index (χ2n) is 6.28. The first-order chi connectivity index (χ1) is 12.3. The minimum absolute atomic E-state index is 0.185. The molecule has 0 aromatic carbocycles. The molecule has 6 nitrogen and oxygen atoms in total. The molecule has 0 radical (unpaired) electrons. The maximum atomic E-state index is 9.66. The number of nitrogens with one attached hydrogen (secondary N) is 1. The number of fused-ring (bicyclic) bond motifs is 1. The Morgan fingerprint density at radius 2 is 2.24 bits per heavy atom. The first-order valence-corrected chi connectivity index (χ1v) is 9.23. The van der Waals surface area contributed by atoms with Crippen molar-refractivity contribution in [3.05, 3.63) is 52.9 Å². The molecule has 0 spiro atoms. The number of nitrogens with zero attached hydrogens (tertiary/aromatic N) is 4. The molecular formula is C18H20BrN5O. The zero-order valence-corrected chi connectivity index (χ0v) is 15.4. The molecule has 0 amide bonds. The molecule has 3 aromatic heterocycles. The van der Waals surface area contributed by atoms with E-state index in [1.807, 2.05) is 29.0 Å². The molecule has 1 fully saturated rings. The molecule has 4 rings (SSSR count). The van der Waals surface area contributed by atoms with Crippen LogP contribution in [0.5, 0.6) is 0 Å². The van der Waals surface area contributed by atoms with E-state index >= 15 is 0 Å². The first-order valence-electron chi connectivity index (χ1n) is 8.44. The predicted molar refractivity (Wildman–Crippen MR) is 102 cm³/mol. The molecule has 1 atom stereocenters. The van der Waals surface area contributed by atoms with Crippen molar-refractivity contribution >= 4 is 33.0 Å². The Bertz CT molecular complexity index is 867. The summed E-state index contributed by atoms with van der Waals surface area (Å²) in [5.41, 5.74) is 3.23. The van der Waals surface area contributed by atoms with Crippen LogP contribution in [-0.4, -0.2) is 38.9 Å². The molecule has 7 heteroatoms. The molecule has 0 bridgehead atoms. The lowest BCUT2D eigenvalue weighted by Gasteiger charge is -2.26. The SMILES string of the molecule is OC[C@@H]1CCCN1c1cc(NCc2cccnc2)n2ncc(Br)c2c1. The Labute approximate surface area is 154 Å². The van der Waals surface area contributed by atoms with Gasteiger partial charge in [0.15, 0.2) is 0 Å². The Morgan fingerprint density at radius 3 is 3.04 bits per heavy atom. The second kappa shape index (κ2) is 7.01. The number of anilines is 2. The van der Waals surface area contributed by atoms with Crippen molar-refractivity contribution in [2.75, 3.05) is 23.4 Å². The van der Waals surface area contributed by atoms with Crippen LogP contribution in [0.1, 0.15) is 18.4 Å². The van der Waals surface area contributed by atoms with Gasteiger partial charge in [-0.05, 0) is 46.5 Å². The van der Waals surface area contributed by atoms with Crippen LogP contribution >= 0.6 is 15.9 Å². The van der Waals surface area contributed by atoms with Crippen LogP contribution in [0.15, 0.2) is 47.3 Å². The van der Waals surface area contributed by atoms with Crippen molar-refractivity contribution < 1.29 is 5.11 Å². The van der Waals surface area contributed by atoms with Crippen LogP contribution in [-0.2, 0) is 6.54 Å². The van der Waals surface area contributed by atoms with E-state index in [4.69, 9.17) is 0 Å². The third-order valence-corrected chi connectivity index (χ3v) is 5.28. The van der Waals surface area contributed by atoms with Crippen LogP contribution in [0.4, 0.5) is 11.5 Å². The van der Waals surface area contributed by atoms with E-state index in [1.54, 1.807) is 6.20 Å². The maximum Gasteiger partial charge on any atom is 0.130 e. The minimum Gasteiger partial charge on any atom is -0.394 e. The minimum atomic E-state index is 0.185. The molecule has 25 heavy (non-hydrogen) atoms. The van der Waals surface area contributed by atoms with E-state index in [0.29, 0.717) is 6.54 Å². The average Bonchev–Trinajstić information content (AvgIpc) is 3.27. The summed E-state index contributed by atoms with van der Waals surface area (Å²) in [5, 5.41) is 17.6. The van der Waals surface area contributed by atoms with Crippen LogP contribution in [0.3, 0.4) is 0 Å². The lowest BCUT2D eigenvalue weighted by Crippen LogP contribution is -2.32. The van der Waals surface area contributed by atoms with E-state index in [2.05, 4.69) is 48.4 Å². The smallest absolute Gasteiger partial charge is 0.130 e. The number of rotatable bonds is 5. The summed E-state index contributed by atoms with van der Waals surface area (Å²) in [5.74, 6) is 0.922. The fourth-order valence-electron chi connectivity index (χ4n) is 3.40. The summed E-state index contributed by atoms with van der Waals surface area (Å²) in [4.78, 5) is 6.45. The molecule has 2 N–H and O–H groups in total. The molecular weight excluding hydrogens is 382 g/mol. The van der Waals surface area contributed by atoms with Gasteiger partial charge in [-0.25, -0.2) is 4.52 Å². The van der Waals surface area contributed by atoms with Crippen molar-refractivity contribution in [3.63, 3.8) is 0 Å². The van der Waals surface area contributed by atoms with Gasteiger partial charge in [-0.3, -0.25) is 4.98 Å². The quantitative estimate of drug-likeness (QED) is 0.687. The highest BCUT2D eigenvalue weighted by atomic mass is 79.9. The molecule has 3 aromatic rings. The van der Waals surface area contributed by atoms with Gasteiger partial charge in [-0.15, -0.1) is 0 Å². The molecule has 1 saturated heterocycles. The van der Waals surface area contributed by atoms with Crippen LogP contribution in [0.2, 0.25) is 0 Å². The molecule has 0 saturated carbocycles. The standard InChI is InChI=1S/C18H20BrN5O/c19-16-11-22-24-17(16)7-15(23-6-2-4-14(23)12-25)8-18(24)21-10-13-3-1-5-20-9-13/h1,3,5,7-9,11,14,21,25H,2,4,6,10,12H2/t14-/m0/s1. The van der Waals surface area contributed by atoms with E-state index in [9.17, 15) is 5.11 Å². The summed E-state index contributed by atoms with van der Waals surface area (Å²) in [6.45, 7) is 1.83. The van der Waals surface area contributed by atoms with E-state index < -0.39 is 0 Å². The topological polar surface area (TPSA) is 65.7 Å². The third kappa shape index (κ3) is 3.21. The summed E-state index contributed by atoms with van der Waals surface area (Å²) in [6.07, 6.45) is 7.57. The fraction of sp³-hybridized carbons (Fsp3) is 0.333. The Kier molecular flexibility index (Phi) is 4.59. The zero-order valence-electron chi connectivity index (χ0n) is 13.8. The number of aliphatic hydroxyl groups is 1. The Hall–Kier alpha value is -2.12. The zero-order chi connectivity index (χ0) is 17.2. The van der Waals surface area contributed by atoms with Crippen molar-refractivity contribution in [1.29, 1.82) is 0 Å². The summed E-state index contributed by atoms with van der Waals surface area (Å²) in [7, 11) is 0. The highest BCUT2D eigenvalue weighted by Gasteiger charge is 2.25. The number of aliphatic hydroxyl groups excluding tert-OH is 1. The monoisotopic (exact) mass is 401 g/mol. The first kappa shape index (κ1) is 16.4. The number of pyridine rings is 2. The van der Waals surface area contributed by atoms with Gasteiger partial charge in [-0.2, -0.15) is 5.10 Å². The van der Waals surface area contributed by atoms with E-state index in [-0.39, 0.29) is 12.6 Å². The van der Waals surface area contributed by atoms with Gasteiger partial charge in [0.1, 0.15) is 5.82 Å². The van der Waals surface area contributed by atoms with Gasteiger partial charge in [0.25, 0.3) is 0 Å². The molecule has 4 heterocycles. The number of aromatic nitrogens is 3. The Morgan fingerprint density at radius 1 is 1.32 bits per heavy atom. The third-order valence-electron chi connectivity index (χ3n) is 4.67. The summed E-state index contributed by atoms with van der Waals surface area (Å²) < 4.78 is 2.85. The van der Waals surface area contributed by atoms with Gasteiger partial charge in [0.2, 0.25) is 0 Å². The number of halogens is 1. The largest absolute Gasteiger partial charge is 0.394 e. The number of hydrogen-bond acceptors (Lipinski definition) is 5. The predicted octanol–water partition coefficient (Wildman–Crippen LogP) is 3.07. The normalized spacial score (nSPS) is 17.4. The molecule has 1 aliphatic rings. The highest BCUT2D eigenvalue weighted by Crippen LogP contribution is 2.31. The highest BCUT2D eigenvalue weighted by molar-refractivity contribution is 9.10. The molecule has 1 aliphatic heterocycles. The van der Waals surface area contributed by atoms with E-state index in [0.717, 1.165) is 46.4 Å². The molecule has 0 unspecified atom stereocenters. The van der Waals surface area contributed by atoms with E-state index in [1.165, 1.54) is 0 Å². The van der Waals surface area contributed by atoms with Gasteiger partial charge in [-0.1, -0.05) is 6.07 Å². The van der Waals surface area contributed by atoms with Crippen molar-refractivity contribution in [3.8, 4) is 0 Å². The lowest BCUT2D eigenvalue weighted by atomic mass is 10.2. The molecule has 0 aliphatic carbocycles. The lowest BCUT2D eigenvalue weighted by molar-refractivity contribution is 0.266. The summed E-state index contributed by atoms with van der Waals surface area (Å²) >= 11 is 3.58. The van der Waals surface area contributed by atoms with Crippen LogP contribution < -0.4 is 10.2 Å². The molecule has 130 valence electrons. The van der Waals surface area contributed by atoms with Gasteiger partial charge >= 0.3 is 0 Å². The Balaban J connectivity index is 1.69. The number of hydrogen-bond donors (Lipinski definition) is 2.